The predicted molar refractivity (Wildman–Crippen MR) is 126 cm³/mol. The maximum atomic E-state index is 12.7. The molecular formula is C25H30N4O3. The number of nitrogens with zero attached hydrogens (tertiary/aromatic N) is 2. The van der Waals surface area contributed by atoms with E-state index >= 15 is 0 Å². The number of nitrogens with two attached hydrogens (primary N) is 1. The van der Waals surface area contributed by atoms with Gasteiger partial charge in [0.15, 0.2) is 0 Å². The fourth-order valence-corrected chi connectivity index (χ4v) is 4.45. The number of amides is 2. The minimum atomic E-state index is -0.263. The number of piperidine rings is 1. The summed E-state index contributed by atoms with van der Waals surface area (Å²) in [7, 11) is 0. The minimum absolute atomic E-state index is 0.124. The molecule has 0 bridgehead atoms. The molecule has 0 saturated carbocycles. The molecule has 168 valence electrons. The molecule has 0 aliphatic carbocycles. The Balaban J connectivity index is 1.42. The van der Waals surface area contributed by atoms with Crippen molar-refractivity contribution in [1.82, 2.24) is 4.98 Å². The Labute approximate surface area is 188 Å². The van der Waals surface area contributed by atoms with E-state index < -0.39 is 0 Å². The second kappa shape index (κ2) is 9.02. The van der Waals surface area contributed by atoms with Crippen molar-refractivity contribution in [2.24, 2.45) is 11.7 Å². The number of carbonyl (C=O) groups is 2. The maximum Gasteiger partial charge on any atom is 0.228 e. The lowest BCUT2D eigenvalue weighted by molar-refractivity contribution is -0.122. The van der Waals surface area contributed by atoms with Crippen molar-refractivity contribution in [2.45, 2.75) is 46.0 Å². The molecule has 32 heavy (non-hydrogen) atoms. The van der Waals surface area contributed by atoms with Crippen molar-refractivity contribution in [2.75, 3.05) is 23.3 Å². The molecule has 2 aromatic heterocycles. The molecule has 3 aromatic rings. The van der Waals surface area contributed by atoms with Gasteiger partial charge in [-0.3, -0.25) is 9.59 Å². The molecule has 2 amide bonds. The van der Waals surface area contributed by atoms with Gasteiger partial charge in [0.05, 0.1) is 30.5 Å². The number of benzene rings is 1. The van der Waals surface area contributed by atoms with Gasteiger partial charge < -0.3 is 20.4 Å². The molecule has 1 aromatic carbocycles. The Hall–Kier alpha value is -3.35. The second-order valence-electron chi connectivity index (χ2n) is 8.94. The summed E-state index contributed by atoms with van der Waals surface area (Å²) in [6.45, 7) is 7.83. The third-order valence-electron chi connectivity index (χ3n) is 6.19. The highest BCUT2D eigenvalue weighted by Gasteiger charge is 2.24. The second-order valence-corrected chi connectivity index (χ2v) is 8.94. The molecule has 1 unspecified atom stereocenters. The number of aromatic nitrogens is 1. The average molecular weight is 435 g/mol. The van der Waals surface area contributed by atoms with Gasteiger partial charge in [-0.1, -0.05) is 13.8 Å². The van der Waals surface area contributed by atoms with Crippen LogP contribution in [-0.2, 0) is 16.0 Å². The van der Waals surface area contributed by atoms with Crippen molar-refractivity contribution in [3.8, 4) is 0 Å². The lowest BCUT2D eigenvalue weighted by atomic mass is 9.95. The van der Waals surface area contributed by atoms with E-state index in [4.69, 9.17) is 10.2 Å². The van der Waals surface area contributed by atoms with E-state index in [0.717, 1.165) is 41.7 Å². The summed E-state index contributed by atoms with van der Waals surface area (Å²) in [6, 6.07) is 7.87. The van der Waals surface area contributed by atoms with Crippen molar-refractivity contribution >= 4 is 34.3 Å². The third-order valence-corrected chi connectivity index (χ3v) is 6.19. The van der Waals surface area contributed by atoms with Gasteiger partial charge in [-0.05, 0) is 61.1 Å². The number of aryl methyl sites for hydroxylation is 1. The van der Waals surface area contributed by atoms with Gasteiger partial charge in [-0.2, -0.15) is 0 Å². The van der Waals surface area contributed by atoms with E-state index in [1.807, 2.05) is 18.2 Å². The Morgan fingerprint density at radius 2 is 2.12 bits per heavy atom. The van der Waals surface area contributed by atoms with Crippen LogP contribution in [-0.4, -0.2) is 29.9 Å². The first-order chi connectivity index (χ1) is 15.3. The maximum absolute atomic E-state index is 12.7. The molecule has 0 spiro atoms. The van der Waals surface area contributed by atoms with Crippen molar-refractivity contribution in [3.63, 3.8) is 0 Å². The first-order valence-electron chi connectivity index (χ1n) is 11.1. The topological polar surface area (TPSA) is 101 Å². The molecule has 1 aliphatic rings. The number of fused-ring (bicyclic) bond motifs is 1. The number of nitrogens with one attached hydrogen (secondary N) is 1. The Morgan fingerprint density at radius 3 is 2.81 bits per heavy atom. The van der Waals surface area contributed by atoms with Crippen LogP contribution in [0.25, 0.3) is 11.0 Å². The van der Waals surface area contributed by atoms with Crippen LogP contribution in [0.15, 0.2) is 41.1 Å². The first kappa shape index (κ1) is 21.9. The van der Waals surface area contributed by atoms with Gasteiger partial charge in [-0.15, -0.1) is 0 Å². The molecule has 7 heteroatoms. The van der Waals surface area contributed by atoms with Crippen LogP contribution in [0.3, 0.4) is 0 Å². The van der Waals surface area contributed by atoms with Gasteiger partial charge >= 0.3 is 0 Å². The highest BCUT2D eigenvalue weighted by molar-refractivity contribution is 5.95. The Kier molecular flexibility index (Phi) is 6.17. The lowest BCUT2D eigenvalue weighted by Crippen LogP contribution is -2.41. The number of hydrogen-bond acceptors (Lipinski definition) is 5. The zero-order valence-electron chi connectivity index (χ0n) is 18.9. The number of primary amides is 1. The zero-order valence-corrected chi connectivity index (χ0v) is 18.9. The number of anilines is 2. The molecule has 1 atom stereocenters. The van der Waals surface area contributed by atoms with E-state index in [9.17, 15) is 9.59 Å². The molecule has 3 N–H and O–H groups in total. The SMILES string of the molecule is Cc1cc2occ(CC(=O)Nc3ccc(N4CCCC(C(N)=O)C4)nc3)c2cc1C(C)C. The van der Waals surface area contributed by atoms with E-state index in [0.29, 0.717) is 18.2 Å². The normalized spacial score (nSPS) is 16.5. The monoisotopic (exact) mass is 434 g/mol. The van der Waals surface area contributed by atoms with Crippen LogP contribution in [0.5, 0.6) is 0 Å². The fourth-order valence-electron chi connectivity index (χ4n) is 4.45. The van der Waals surface area contributed by atoms with Crippen molar-refractivity contribution < 1.29 is 14.0 Å². The van der Waals surface area contributed by atoms with E-state index in [1.54, 1.807) is 12.5 Å². The smallest absolute Gasteiger partial charge is 0.228 e. The minimum Gasteiger partial charge on any atom is -0.464 e. The fraction of sp³-hybridized carbons (Fsp3) is 0.400. The van der Waals surface area contributed by atoms with Gasteiger partial charge in [-0.25, -0.2) is 4.98 Å². The van der Waals surface area contributed by atoms with E-state index in [2.05, 4.69) is 42.0 Å². The summed E-state index contributed by atoms with van der Waals surface area (Å²) < 4.78 is 5.69. The van der Waals surface area contributed by atoms with Gasteiger partial charge in [0, 0.05) is 24.0 Å². The molecule has 1 fully saturated rings. The Bertz CT molecular complexity index is 1130. The lowest BCUT2D eigenvalue weighted by Gasteiger charge is -2.32. The number of furan rings is 1. The molecule has 1 aliphatic heterocycles. The zero-order chi connectivity index (χ0) is 22.8. The molecule has 4 rings (SSSR count). The van der Waals surface area contributed by atoms with Crippen LogP contribution in [0.1, 0.15) is 49.3 Å². The summed E-state index contributed by atoms with van der Waals surface area (Å²) in [5.41, 5.74) is 10.2. The molecule has 0 radical (unpaired) electrons. The largest absolute Gasteiger partial charge is 0.464 e. The van der Waals surface area contributed by atoms with Gasteiger partial charge in [0.2, 0.25) is 11.8 Å². The third kappa shape index (κ3) is 4.61. The number of hydrogen-bond donors (Lipinski definition) is 2. The molecule has 7 nitrogen and oxygen atoms in total. The van der Waals surface area contributed by atoms with Crippen LogP contribution in [0.2, 0.25) is 0 Å². The summed E-state index contributed by atoms with van der Waals surface area (Å²) in [4.78, 5) is 30.7. The summed E-state index contributed by atoms with van der Waals surface area (Å²) >= 11 is 0. The highest BCUT2D eigenvalue weighted by Crippen LogP contribution is 2.29. The predicted octanol–water partition coefficient (Wildman–Crippen LogP) is 4.14. The van der Waals surface area contributed by atoms with E-state index in [1.165, 1.54) is 11.1 Å². The molecule has 1 saturated heterocycles. The summed E-state index contributed by atoms with van der Waals surface area (Å²) in [5.74, 6) is 0.654. The average Bonchev–Trinajstić information content (AvgIpc) is 3.14. The molecule has 3 heterocycles. The standard InChI is InChI=1S/C25H30N4O3/c1-15(2)20-11-21-18(14-32-22(21)9-16(20)3)10-24(30)28-19-6-7-23(27-12-19)29-8-4-5-17(13-29)25(26)31/h6-7,9,11-12,14-15,17H,4-5,8,10,13H2,1-3H3,(H2,26,31)(H,28,30). The highest BCUT2D eigenvalue weighted by atomic mass is 16.3. The quantitative estimate of drug-likeness (QED) is 0.607. The first-order valence-corrected chi connectivity index (χ1v) is 11.1. The Morgan fingerprint density at radius 1 is 1.31 bits per heavy atom. The van der Waals surface area contributed by atoms with Gasteiger partial charge in [0.25, 0.3) is 0 Å². The van der Waals surface area contributed by atoms with Crippen molar-refractivity contribution in [3.05, 3.63) is 53.4 Å². The van der Waals surface area contributed by atoms with Crippen molar-refractivity contribution in [1.29, 1.82) is 0 Å². The number of carbonyl (C=O) groups excluding carboxylic acids is 2. The van der Waals surface area contributed by atoms with Crippen LogP contribution in [0.4, 0.5) is 11.5 Å². The summed E-state index contributed by atoms with van der Waals surface area (Å²) in [5, 5.41) is 3.90. The number of pyridine rings is 1. The van der Waals surface area contributed by atoms with Crippen LogP contribution < -0.4 is 16.0 Å². The summed E-state index contributed by atoms with van der Waals surface area (Å²) in [6.07, 6.45) is 5.27. The molecular weight excluding hydrogens is 404 g/mol. The van der Waals surface area contributed by atoms with Crippen LogP contribution in [0, 0.1) is 12.8 Å². The van der Waals surface area contributed by atoms with Crippen LogP contribution >= 0.6 is 0 Å². The van der Waals surface area contributed by atoms with Gasteiger partial charge in [0.1, 0.15) is 11.4 Å². The van der Waals surface area contributed by atoms with E-state index in [-0.39, 0.29) is 24.2 Å². The number of rotatable bonds is 6.